The average molecular weight is 267 g/mol. The van der Waals surface area contributed by atoms with Gasteiger partial charge in [0.1, 0.15) is 9.84 Å². The van der Waals surface area contributed by atoms with Crippen LogP contribution >= 0.6 is 11.3 Å². The van der Waals surface area contributed by atoms with E-state index < -0.39 is 5.54 Å². The van der Waals surface area contributed by atoms with Crippen LogP contribution in [0.2, 0.25) is 0 Å². The number of nitrogens with zero attached hydrogens (tertiary/aromatic N) is 3. The van der Waals surface area contributed by atoms with Gasteiger partial charge in [-0.25, -0.2) is 4.79 Å². The highest BCUT2D eigenvalue weighted by Crippen LogP contribution is 2.20. The van der Waals surface area contributed by atoms with Gasteiger partial charge in [0.05, 0.1) is 0 Å². The summed E-state index contributed by atoms with van der Waals surface area (Å²) in [5.41, 5.74) is -1.18. The molecule has 0 spiro atoms. The third-order valence-corrected chi connectivity index (χ3v) is 3.88. The largest absolute Gasteiger partial charge is 0.353 e. The lowest BCUT2D eigenvalue weighted by molar-refractivity contribution is 0.362. The predicted octanol–water partition coefficient (Wildman–Crippen LogP) is 1.80. The third-order valence-electron chi connectivity index (χ3n) is 2.62. The highest BCUT2D eigenvalue weighted by molar-refractivity contribution is 7.17. The van der Waals surface area contributed by atoms with Crippen LogP contribution in [0.15, 0.2) is 15.7 Å². The third kappa shape index (κ3) is 2.01. The molecule has 0 N–H and O–H groups in total. The Hall–Kier alpha value is -1.43. The zero-order chi connectivity index (χ0) is 13.7. The van der Waals surface area contributed by atoms with Crippen molar-refractivity contribution in [1.29, 1.82) is 0 Å². The number of hydrogen-bond acceptors (Lipinski definition) is 4. The Kier molecular flexibility index (Phi) is 2.93. The Morgan fingerprint density at radius 1 is 1.28 bits per heavy atom. The Morgan fingerprint density at radius 2 is 1.89 bits per heavy atom. The fourth-order valence-electron chi connectivity index (χ4n) is 1.76. The first-order valence-corrected chi connectivity index (χ1v) is 6.70. The molecule has 0 amide bonds. The SMILES string of the molecule is CC(C)c1nn2c(=O)n(C(C)(C)C)c(=O)cc2s1. The van der Waals surface area contributed by atoms with E-state index in [9.17, 15) is 9.59 Å². The van der Waals surface area contributed by atoms with E-state index in [0.717, 1.165) is 5.01 Å². The van der Waals surface area contributed by atoms with Crippen molar-refractivity contribution in [2.24, 2.45) is 0 Å². The van der Waals surface area contributed by atoms with Gasteiger partial charge in [-0.15, -0.1) is 0 Å². The Labute approximate surface area is 109 Å². The molecule has 2 aromatic heterocycles. The highest BCUT2D eigenvalue weighted by atomic mass is 32.1. The van der Waals surface area contributed by atoms with Crippen LogP contribution in [-0.4, -0.2) is 14.2 Å². The van der Waals surface area contributed by atoms with Gasteiger partial charge in [-0.3, -0.25) is 9.36 Å². The van der Waals surface area contributed by atoms with E-state index in [0.29, 0.717) is 4.83 Å². The second-order valence-corrected chi connectivity index (χ2v) is 6.66. The molecular weight excluding hydrogens is 250 g/mol. The summed E-state index contributed by atoms with van der Waals surface area (Å²) in [5.74, 6) is 0.243. The zero-order valence-corrected chi connectivity index (χ0v) is 12.0. The monoisotopic (exact) mass is 267 g/mol. The molecule has 2 heterocycles. The second-order valence-electron chi connectivity index (χ2n) is 5.62. The van der Waals surface area contributed by atoms with Gasteiger partial charge in [-0.2, -0.15) is 9.61 Å². The molecule has 0 aliphatic heterocycles. The molecular formula is C12H17N3O2S. The number of aromatic nitrogens is 3. The Morgan fingerprint density at radius 3 is 2.39 bits per heavy atom. The number of hydrogen-bond donors (Lipinski definition) is 0. The van der Waals surface area contributed by atoms with Crippen molar-refractivity contribution in [1.82, 2.24) is 14.2 Å². The fourth-order valence-corrected chi connectivity index (χ4v) is 2.69. The topological polar surface area (TPSA) is 56.4 Å². The van der Waals surface area contributed by atoms with Crippen LogP contribution in [0.5, 0.6) is 0 Å². The van der Waals surface area contributed by atoms with E-state index in [1.807, 2.05) is 34.6 Å². The molecule has 98 valence electrons. The molecule has 0 aliphatic carbocycles. The first kappa shape index (κ1) is 13.0. The van der Waals surface area contributed by atoms with Gasteiger partial charge < -0.3 is 0 Å². The minimum atomic E-state index is -0.545. The Bertz CT molecular complexity index is 701. The summed E-state index contributed by atoms with van der Waals surface area (Å²) in [6.45, 7) is 9.52. The molecule has 18 heavy (non-hydrogen) atoms. The number of fused-ring (bicyclic) bond motifs is 1. The van der Waals surface area contributed by atoms with Crippen molar-refractivity contribution in [3.63, 3.8) is 0 Å². The molecule has 0 aliphatic rings. The van der Waals surface area contributed by atoms with Gasteiger partial charge in [0.2, 0.25) is 0 Å². The van der Waals surface area contributed by atoms with Gasteiger partial charge in [0.15, 0.2) is 0 Å². The van der Waals surface area contributed by atoms with Gasteiger partial charge in [0.25, 0.3) is 5.56 Å². The summed E-state index contributed by atoms with van der Waals surface area (Å²) >= 11 is 1.39. The van der Waals surface area contributed by atoms with E-state index in [4.69, 9.17) is 0 Å². The quantitative estimate of drug-likeness (QED) is 0.791. The van der Waals surface area contributed by atoms with E-state index in [2.05, 4.69) is 5.10 Å². The summed E-state index contributed by atoms with van der Waals surface area (Å²) in [6, 6.07) is 1.48. The first-order chi connectivity index (χ1) is 8.21. The maximum atomic E-state index is 12.3. The van der Waals surface area contributed by atoms with E-state index >= 15 is 0 Å². The van der Waals surface area contributed by atoms with E-state index in [1.165, 1.54) is 26.5 Å². The highest BCUT2D eigenvalue weighted by Gasteiger charge is 2.21. The molecule has 2 aromatic rings. The fraction of sp³-hybridized carbons (Fsp3) is 0.583. The molecule has 0 saturated heterocycles. The van der Waals surface area contributed by atoms with Gasteiger partial charge >= 0.3 is 5.69 Å². The predicted molar refractivity (Wildman–Crippen MR) is 72.7 cm³/mol. The van der Waals surface area contributed by atoms with Crippen molar-refractivity contribution in [2.75, 3.05) is 0 Å². The van der Waals surface area contributed by atoms with Crippen LogP contribution in [0.3, 0.4) is 0 Å². The van der Waals surface area contributed by atoms with Crippen molar-refractivity contribution in [2.45, 2.75) is 46.1 Å². The molecule has 6 heteroatoms. The summed E-state index contributed by atoms with van der Waals surface area (Å²) < 4.78 is 2.57. The van der Waals surface area contributed by atoms with Crippen molar-refractivity contribution >= 4 is 16.2 Å². The maximum absolute atomic E-state index is 12.3. The first-order valence-electron chi connectivity index (χ1n) is 5.88. The average Bonchev–Trinajstić information content (AvgIpc) is 2.59. The Balaban J connectivity index is 2.86. The van der Waals surface area contributed by atoms with Crippen LogP contribution in [0.25, 0.3) is 4.83 Å². The van der Waals surface area contributed by atoms with Gasteiger partial charge in [0, 0.05) is 17.5 Å². The maximum Gasteiger partial charge on any atom is 0.353 e. The van der Waals surface area contributed by atoms with Crippen LogP contribution in [0.4, 0.5) is 0 Å². The zero-order valence-electron chi connectivity index (χ0n) is 11.2. The smallest absolute Gasteiger partial charge is 0.269 e. The summed E-state index contributed by atoms with van der Waals surface area (Å²) in [7, 11) is 0. The van der Waals surface area contributed by atoms with Crippen LogP contribution in [0.1, 0.15) is 45.5 Å². The normalized spacial score (nSPS) is 12.6. The lowest BCUT2D eigenvalue weighted by Crippen LogP contribution is -2.45. The van der Waals surface area contributed by atoms with Crippen molar-refractivity contribution in [3.8, 4) is 0 Å². The molecule has 0 saturated carbocycles. The van der Waals surface area contributed by atoms with E-state index in [-0.39, 0.29) is 17.2 Å². The summed E-state index contributed by atoms with van der Waals surface area (Å²) in [6.07, 6.45) is 0. The lowest BCUT2D eigenvalue weighted by Gasteiger charge is -2.20. The van der Waals surface area contributed by atoms with Crippen LogP contribution in [0, 0.1) is 0 Å². The van der Waals surface area contributed by atoms with Crippen molar-refractivity contribution in [3.05, 3.63) is 31.9 Å². The molecule has 2 rings (SSSR count). The van der Waals surface area contributed by atoms with Crippen molar-refractivity contribution < 1.29 is 0 Å². The van der Waals surface area contributed by atoms with E-state index in [1.54, 1.807) is 0 Å². The lowest BCUT2D eigenvalue weighted by atomic mass is 10.1. The molecule has 0 fully saturated rings. The molecule has 0 atom stereocenters. The molecule has 0 radical (unpaired) electrons. The van der Waals surface area contributed by atoms with Crippen LogP contribution in [-0.2, 0) is 5.54 Å². The summed E-state index contributed by atoms with van der Waals surface area (Å²) in [5, 5.41) is 5.15. The number of rotatable bonds is 1. The standard InChI is InChI=1S/C12H17N3O2S/c1-7(2)10-13-15-9(18-10)6-8(16)14(11(15)17)12(3,4)5/h6-7H,1-5H3. The second kappa shape index (κ2) is 4.05. The van der Waals surface area contributed by atoms with Crippen LogP contribution < -0.4 is 11.2 Å². The van der Waals surface area contributed by atoms with Gasteiger partial charge in [-0.1, -0.05) is 25.2 Å². The minimum absolute atomic E-state index is 0.243. The molecule has 5 nitrogen and oxygen atoms in total. The molecule has 0 aromatic carbocycles. The van der Waals surface area contributed by atoms with Gasteiger partial charge in [-0.05, 0) is 20.8 Å². The molecule has 0 unspecified atom stereocenters. The molecule has 0 bridgehead atoms. The summed E-state index contributed by atoms with van der Waals surface area (Å²) in [4.78, 5) is 24.9. The minimum Gasteiger partial charge on any atom is -0.269 e.